The lowest BCUT2D eigenvalue weighted by molar-refractivity contribution is -0.384. The molecule has 0 aliphatic carbocycles. The molecule has 110 valence electrons. The molecule has 0 saturated carbocycles. The molecule has 11 heteroatoms. The fourth-order valence-electron chi connectivity index (χ4n) is 1.37. The Bertz CT molecular complexity index is 798. The molecule has 0 radical (unpaired) electrons. The lowest BCUT2D eigenvalue weighted by Gasteiger charge is -2.04. The minimum atomic E-state index is -3.85. The van der Waals surface area contributed by atoms with Crippen LogP contribution >= 0.6 is 23.6 Å². The Hall–Kier alpha value is -2.11. The van der Waals surface area contributed by atoms with Crippen LogP contribution in [0.1, 0.15) is 5.01 Å². The molecule has 0 unspecified atom stereocenters. The fourth-order valence-corrected chi connectivity index (χ4v) is 3.50. The molecule has 0 fully saturated rings. The minimum Gasteiger partial charge on any atom is -0.387 e. The predicted molar refractivity (Wildman–Crippen MR) is 81.9 cm³/mol. The predicted octanol–water partition coefficient (Wildman–Crippen LogP) is 1.49. The molecule has 21 heavy (non-hydrogen) atoms. The number of nitrogens with zero attached hydrogens (tertiary/aromatic N) is 2. The van der Waals surface area contributed by atoms with Crippen LogP contribution in [0.15, 0.2) is 35.4 Å². The molecule has 0 bridgehead atoms. The van der Waals surface area contributed by atoms with Crippen LogP contribution < -0.4 is 10.5 Å². The van der Waals surface area contributed by atoms with E-state index in [9.17, 15) is 18.5 Å². The first-order chi connectivity index (χ1) is 9.79. The van der Waals surface area contributed by atoms with Crippen molar-refractivity contribution in [3.63, 3.8) is 0 Å². The van der Waals surface area contributed by atoms with Crippen molar-refractivity contribution in [3.05, 3.63) is 45.6 Å². The first kappa shape index (κ1) is 15.3. The van der Waals surface area contributed by atoms with Gasteiger partial charge < -0.3 is 5.73 Å². The second-order valence-electron chi connectivity index (χ2n) is 3.75. The Morgan fingerprint density at radius 3 is 2.48 bits per heavy atom. The Morgan fingerprint density at radius 1 is 1.38 bits per heavy atom. The largest absolute Gasteiger partial charge is 0.387 e. The quantitative estimate of drug-likeness (QED) is 0.477. The molecule has 2 aromatic rings. The molecule has 0 aliphatic rings. The fraction of sp³-hybridized carbons (Fsp3) is 0. The third kappa shape index (κ3) is 3.51. The summed E-state index contributed by atoms with van der Waals surface area (Å²) in [6.07, 6.45) is 1.29. The van der Waals surface area contributed by atoms with Crippen molar-refractivity contribution >= 4 is 49.3 Å². The smallest absolute Gasteiger partial charge is 0.269 e. The van der Waals surface area contributed by atoms with Crippen LogP contribution in [0.4, 0.5) is 10.7 Å². The van der Waals surface area contributed by atoms with E-state index < -0.39 is 14.9 Å². The maximum Gasteiger partial charge on any atom is 0.269 e. The average molecular weight is 344 g/mol. The van der Waals surface area contributed by atoms with Crippen LogP contribution in [0.5, 0.6) is 0 Å². The highest BCUT2D eigenvalue weighted by atomic mass is 32.2. The van der Waals surface area contributed by atoms with E-state index >= 15 is 0 Å². The maximum atomic E-state index is 12.1. The molecule has 8 nitrogen and oxygen atoms in total. The van der Waals surface area contributed by atoms with Gasteiger partial charge in [0, 0.05) is 12.1 Å². The molecule has 0 aliphatic heterocycles. The summed E-state index contributed by atoms with van der Waals surface area (Å²) < 4.78 is 26.5. The van der Waals surface area contributed by atoms with E-state index in [0.717, 1.165) is 35.6 Å². The third-order valence-corrected chi connectivity index (χ3v) is 5.09. The summed E-state index contributed by atoms with van der Waals surface area (Å²) in [4.78, 5) is 13.8. The molecule has 0 atom stereocenters. The van der Waals surface area contributed by atoms with Gasteiger partial charge in [0.05, 0.1) is 16.0 Å². The molecule has 0 saturated heterocycles. The lowest BCUT2D eigenvalue weighted by atomic mass is 10.3. The molecule has 3 N–H and O–H groups in total. The van der Waals surface area contributed by atoms with Crippen molar-refractivity contribution in [2.45, 2.75) is 4.90 Å². The normalized spacial score (nSPS) is 11.0. The number of hydrogen-bond acceptors (Lipinski definition) is 7. The summed E-state index contributed by atoms with van der Waals surface area (Å²) in [5.74, 6) is 0. The highest BCUT2D eigenvalue weighted by Crippen LogP contribution is 2.23. The van der Waals surface area contributed by atoms with E-state index in [4.69, 9.17) is 18.0 Å². The first-order valence-corrected chi connectivity index (χ1v) is 8.03. The first-order valence-electron chi connectivity index (χ1n) is 5.32. The van der Waals surface area contributed by atoms with Gasteiger partial charge in [-0.3, -0.25) is 14.8 Å². The number of non-ortho nitro benzene ring substituents is 1. The van der Waals surface area contributed by atoms with Crippen molar-refractivity contribution in [2.24, 2.45) is 5.73 Å². The number of thiocarbonyl (C=S) groups is 1. The number of nitro groups is 1. The average Bonchev–Trinajstić information content (AvgIpc) is 2.87. The number of benzene rings is 1. The van der Waals surface area contributed by atoms with Gasteiger partial charge in [-0.05, 0) is 12.1 Å². The number of anilines is 1. The van der Waals surface area contributed by atoms with Gasteiger partial charge in [-0.1, -0.05) is 23.6 Å². The standard InChI is InChI=1S/C10H8N4O4S3/c11-9(19)10-12-5-8(20-10)13-21(17,18)7-3-1-6(2-4-7)14(15)16/h1-5,13H,(H2,11,19). The number of nitrogens with one attached hydrogen (secondary N) is 1. The molecule has 1 heterocycles. The number of rotatable bonds is 5. The zero-order valence-electron chi connectivity index (χ0n) is 10.2. The number of nitrogens with two attached hydrogens (primary N) is 1. The molecular formula is C10H8N4O4S3. The zero-order chi connectivity index (χ0) is 15.6. The molecule has 0 spiro atoms. The Balaban J connectivity index is 2.24. The Kier molecular flexibility index (Phi) is 4.16. The molecule has 2 rings (SSSR count). The van der Waals surface area contributed by atoms with Crippen molar-refractivity contribution in [2.75, 3.05) is 4.72 Å². The third-order valence-electron chi connectivity index (χ3n) is 2.31. The number of sulfonamides is 1. The molecule has 1 aromatic carbocycles. The van der Waals surface area contributed by atoms with Gasteiger partial charge in [0.2, 0.25) is 0 Å². The summed E-state index contributed by atoms with van der Waals surface area (Å²) in [7, 11) is -3.85. The summed E-state index contributed by atoms with van der Waals surface area (Å²) in [5.41, 5.74) is 5.19. The Morgan fingerprint density at radius 2 is 2.00 bits per heavy atom. The van der Waals surface area contributed by atoms with E-state index in [1.807, 2.05) is 0 Å². The number of nitro benzene ring substituents is 1. The van der Waals surface area contributed by atoms with Crippen molar-refractivity contribution < 1.29 is 13.3 Å². The van der Waals surface area contributed by atoms with Crippen LogP contribution in [0.2, 0.25) is 0 Å². The van der Waals surface area contributed by atoms with E-state index in [2.05, 4.69) is 9.71 Å². The van der Waals surface area contributed by atoms with E-state index in [0.29, 0.717) is 5.01 Å². The second-order valence-corrected chi connectivity index (χ2v) is 6.90. The zero-order valence-corrected chi connectivity index (χ0v) is 12.7. The van der Waals surface area contributed by atoms with E-state index in [-0.39, 0.29) is 20.6 Å². The summed E-state index contributed by atoms with van der Waals surface area (Å²) >= 11 is 5.73. The van der Waals surface area contributed by atoms with Crippen LogP contribution in [0.25, 0.3) is 0 Å². The van der Waals surface area contributed by atoms with Gasteiger partial charge in [-0.15, -0.1) is 0 Å². The van der Waals surface area contributed by atoms with Gasteiger partial charge in [0.15, 0.2) is 5.01 Å². The minimum absolute atomic E-state index is 0.0702. The van der Waals surface area contributed by atoms with Crippen molar-refractivity contribution in [1.82, 2.24) is 4.98 Å². The van der Waals surface area contributed by atoms with Crippen LogP contribution in [0.3, 0.4) is 0 Å². The molecular weight excluding hydrogens is 336 g/mol. The Labute approximate surface area is 128 Å². The van der Waals surface area contributed by atoms with E-state index in [1.165, 1.54) is 6.20 Å². The van der Waals surface area contributed by atoms with Crippen LogP contribution in [-0.2, 0) is 10.0 Å². The van der Waals surface area contributed by atoms with Gasteiger partial charge >= 0.3 is 0 Å². The lowest BCUT2D eigenvalue weighted by Crippen LogP contribution is -2.12. The van der Waals surface area contributed by atoms with Crippen molar-refractivity contribution in [1.29, 1.82) is 0 Å². The summed E-state index contributed by atoms with van der Waals surface area (Å²) in [6, 6.07) is 4.52. The SMILES string of the molecule is NC(=S)c1ncc(NS(=O)(=O)c2ccc([N+](=O)[O-])cc2)s1. The van der Waals surface area contributed by atoms with Crippen LogP contribution in [0, 0.1) is 10.1 Å². The highest BCUT2D eigenvalue weighted by molar-refractivity contribution is 7.93. The maximum absolute atomic E-state index is 12.1. The molecule has 0 amide bonds. The van der Waals surface area contributed by atoms with Crippen molar-refractivity contribution in [3.8, 4) is 0 Å². The van der Waals surface area contributed by atoms with Crippen LogP contribution in [-0.4, -0.2) is 23.3 Å². The summed E-state index contributed by atoms with van der Waals surface area (Å²) in [6.45, 7) is 0. The monoisotopic (exact) mass is 344 g/mol. The number of aromatic nitrogens is 1. The van der Waals surface area contributed by atoms with Gasteiger partial charge in [0.1, 0.15) is 9.99 Å². The summed E-state index contributed by atoms with van der Waals surface area (Å²) in [5, 5.41) is 11.1. The van der Waals surface area contributed by atoms with Gasteiger partial charge in [0.25, 0.3) is 15.7 Å². The number of thiazole rings is 1. The molecule has 1 aromatic heterocycles. The van der Waals surface area contributed by atoms with E-state index in [1.54, 1.807) is 0 Å². The van der Waals surface area contributed by atoms with Gasteiger partial charge in [-0.25, -0.2) is 13.4 Å². The second kappa shape index (κ2) is 5.71. The number of hydrogen-bond donors (Lipinski definition) is 2. The highest BCUT2D eigenvalue weighted by Gasteiger charge is 2.17. The topological polar surface area (TPSA) is 128 Å². The van der Waals surface area contributed by atoms with Gasteiger partial charge in [-0.2, -0.15) is 0 Å².